The van der Waals surface area contributed by atoms with Gasteiger partial charge in [-0.2, -0.15) is 13.2 Å². The Hall–Kier alpha value is -1.82. The third-order valence-electron chi connectivity index (χ3n) is 2.23. The predicted molar refractivity (Wildman–Crippen MR) is 61.4 cm³/mol. The zero-order chi connectivity index (χ0) is 13.3. The first kappa shape index (κ1) is 12.6. The molecule has 18 heavy (non-hydrogen) atoms. The monoisotopic (exact) mass is 274 g/mol. The molecule has 0 bridgehead atoms. The SMILES string of the molecule is O=C(Nc1cncc2cc(Cl)ccc12)C(F)(F)F. The van der Waals surface area contributed by atoms with Crippen molar-refractivity contribution in [2.24, 2.45) is 0 Å². The molecule has 0 aliphatic rings. The van der Waals surface area contributed by atoms with Crippen molar-refractivity contribution in [3.63, 3.8) is 0 Å². The number of pyridine rings is 1. The maximum Gasteiger partial charge on any atom is 0.471 e. The van der Waals surface area contributed by atoms with Crippen LogP contribution in [0, 0.1) is 0 Å². The Morgan fingerprint density at radius 2 is 2.00 bits per heavy atom. The van der Waals surface area contributed by atoms with Crippen LogP contribution in [0.1, 0.15) is 0 Å². The molecule has 1 amide bonds. The highest BCUT2D eigenvalue weighted by Gasteiger charge is 2.38. The number of benzene rings is 1. The Kier molecular flexibility index (Phi) is 3.13. The lowest BCUT2D eigenvalue weighted by Gasteiger charge is -2.10. The maximum atomic E-state index is 12.1. The Morgan fingerprint density at radius 3 is 2.67 bits per heavy atom. The van der Waals surface area contributed by atoms with Crippen molar-refractivity contribution in [3.05, 3.63) is 35.6 Å². The van der Waals surface area contributed by atoms with E-state index in [2.05, 4.69) is 4.98 Å². The number of alkyl halides is 3. The highest BCUT2D eigenvalue weighted by atomic mass is 35.5. The smallest absolute Gasteiger partial charge is 0.316 e. The number of nitrogens with zero attached hydrogens (tertiary/aromatic N) is 1. The molecule has 0 aliphatic heterocycles. The van der Waals surface area contributed by atoms with Crippen molar-refractivity contribution in [2.45, 2.75) is 6.18 Å². The summed E-state index contributed by atoms with van der Waals surface area (Å²) >= 11 is 5.75. The number of amides is 1. The minimum absolute atomic E-state index is 0.00788. The zero-order valence-corrected chi connectivity index (χ0v) is 9.51. The molecule has 0 atom stereocenters. The van der Waals surface area contributed by atoms with Crippen molar-refractivity contribution in [3.8, 4) is 0 Å². The molecule has 0 radical (unpaired) electrons. The van der Waals surface area contributed by atoms with E-state index in [1.807, 2.05) is 0 Å². The fourth-order valence-electron chi connectivity index (χ4n) is 1.44. The molecular formula is C11H6ClF3N2O. The van der Waals surface area contributed by atoms with Crippen LogP contribution in [0.15, 0.2) is 30.6 Å². The van der Waals surface area contributed by atoms with Gasteiger partial charge in [0.1, 0.15) is 0 Å². The molecule has 1 N–H and O–H groups in total. The van der Waals surface area contributed by atoms with Gasteiger partial charge in [-0.15, -0.1) is 0 Å². The first-order valence-electron chi connectivity index (χ1n) is 4.79. The summed E-state index contributed by atoms with van der Waals surface area (Å²) in [4.78, 5) is 14.6. The van der Waals surface area contributed by atoms with Gasteiger partial charge >= 0.3 is 12.1 Å². The Balaban J connectivity index is 2.43. The van der Waals surface area contributed by atoms with E-state index in [9.17, 15) is 18.0 Å². The van der Waals surface area contributed by atoms with Crippen LogP contribution in [0.3, 0.4) is 0 Å². The van der Waals surface area contributed by atoms with Crippen LogP contribution >= 0.6 is 11.6 Å². The van der Waals surface area contributed by atoms with E-state index < -0.39 is 12.1 Å². The van der Waals surface area contributed by atoms with E-state index >= 15 is 0 Å². The van der Waals surface area contributed by atoms with Crippen molar-refractivity contribution in [2.75, 3.05) is 5.32 Å². The van der Waals surface area contributed by atoms with E-state index in [4.69, 9.17) is 11.6 Å². The summed E-state index contributed by atoms with van der Waals surface area (Å²) in [6.45, 7) is 0. The highest BCUT2D eigenvalue weighted by molar-refractivity contribution is 6.31. The quantitative estimate of drug-likeness (QED) is 0.866. The third-order valence-corrected chi connectivity index (χ3v) is 2.46. The lowest BCUT2D eigenvalue weighted by molar-refractivity contribution is -0.167. The van der Waals surface area contributed by atoms with E-state index in [-0.39, 0.29) is 5.69 Å². The lowest BCUT2D eigenvalue weighted by atomic mass is 10.1. The van der Waals surface area contributed by atoms with Crippen LogP contribution in [0.2, 0.25) is 5.02 Å². The molecule has 7 heteroatoms. The number of anilines is 1. The van der Waals surface area contributed by atoms with E-state index in [0.717, 1.165) is 6.20 Å². The van der Waals surface area contributed by atoms with Crippen molar-refractivity contribution >= 4 is 34.0 Å². The van der Waals surface area contributed by atoms with Gasteiger partial charge in [-0.05, 0) is 12.1 Å². The molecule has 2 rings (SSSR count). The number of carbonyl (C=O) groups excluding carboxylic acids is 1. The molecule has 1 aromatic heterocycles. The maximum absolute atomic E-state index is 12.1. The third kappa shape index (κ3) is 2.53. The summed E-state index contributed by atoms with van der Waals surface area (Å²) in [7, 11) is 0. The number of aromatic nitrogens is 1. The fraction of sp³-hybridized carbons (Fsp3) is 0.0909. The van der Waals surface area contributed by atoms with Crippen LogP contribution in [-0.2, 0) is 4.79 Å². The molecule has 1 aromatic carbocycles. The second kappa shape index (κ2) is 4.45. The number of hydrogen-bond donors (Lipinski definition) is 1. The lowest BCUT2D eigenvalue weighted by Crippen LogP contribution is -2.30. The fourth-order valence-corrected chi connectivity index (χ4v) is 1.62. The first-order valence-corrected chi connectivity index (χ1v) is 5.17. The summed E-state index contributed by atoms with van der Waals surface area (Å²) in [6.07, 6.45) is -2.33. The van der Waals surface area contributed by atoms with E-state index in [0.29, 0.717) is 15.8 Å². The number of hydrogen-bond acceptors (Lipinski definition) is 2. The van der Waals surface area contributed by atoms with Crippen LogP contribution < -0.4 is 5.32 Å². The van der Waals surface area contributed by atoms with Crippen LogP contribution in [0.5, 0.6) is 0 Å². The standard InChI is InChI=1S/C11H6ClF3N2O/c12-7-1-2-8-6(3-7)4-16-5-9(8)17-10(18)11(13,14)15/h1-5H,(H,17,18). The summed E-state index contributed by atoms with van der Waals surface area (Å²) in [5, 5.41) is 3.19. The number of rotatable bonds is 1. The minimum Gasteiger partial charge on any atom is -0.316 e. The summed E-state index contributed by atoms with van der Waals surface area (Å²) in [5.41, 5.74) is -0.00788. The van der Waals surface area contributed by atoms with Gasteiger partial charge in [0.2, 0.25) is 0 Å². The molecule has 0 saturated carbocycles. The Morgan fingerprint density at radius 1 is 1.28 bits per heavy atom. The molecule has 0 spiro atoms. The van der Waals surface area contributed by atoms with Gasteiger partial charge in [0.05, 0.1) is 11.9 Å². The average Bonchev–Trinajstić information content (AvgIpc) is 2.27. The van der Waals surface area contributed by atoms with Crippen molar-refractivity contribution in [1.29, 1.82) is 0 Å². The zero-order valence-electron chi connectivity index (χ0n) is 8.75. The summed E-state index contributed by atoms with van der Waals surface area (Å²) in [6, 6.07) is 4.59. The van der Waals surface area contributed by atoms with E-state index in [1.165, 1.54) is 18.3 Å². The molecule has 0 aliphatic carbocycles. The van der Waals surface area contributed by atoms with E-state index in [1.54, 1.807) is 11.4 Å². The Bertz CT molecular complexity index is 613. The van der Waals surface area contributed by atoms with Gasteiger partial charge in [0, 0.05) is 22.0 Å². The Labute approximate surface area is 105 Å². The van der Waals surface area contributed by atoms with Gasteiger partial charge in [-0.3, -0.25) is 9.78 Å². The van der Waals surface area contributed by atoms with Crippen LogP contribution in [-0.4, -0.2) is 17.1 Å². The normalized spacial score (nSPS) is 11.6. The molecule has 94 valence electrons. The molecule has 0 saturated heterocycles. The van der Waals surface area contributed by atoms with Crippen LogP contribution in [0.25, 0.3) is 10.8 Å². The first-order chi connectivity index (χ1) is 8.38. The van der Waals surface area contributed by atoms with Gasteiger partial charge in [-0.25, -0.2) is 0 Å². The van der Waals surface area contributed by atoms with Crippen LogP contribution in [0.4, 0.5) is 18.9 Å². The molecule has 1 heterocycles. The average molecular weight is 275 g/mol. The molecule has 3 nitrogen and oxygen atoms in total. The summed E-state index contributed by atoms with van der Waals surface area (Å²) in [5.74, 6) is -2.04. The van der Waals surface area contributed by atoms with Gasteiger partial charge < -0.3 is 5.32 Å². The molecule has 0 fully saturated rings. The second-order valence-corrected chi connectivity index (χ2v) is 3.94. The summed E-state index contributed by atoms with van der Waals surface area (Å²) < 4.78 is 36.4. The second-order valence-electron chi connectivity index (χ2n) is 3.50. The topological polar surface area (TPSA) is 42.0 Å². The molecule has 0 unspecified atom stereocenters. The van der Waals surface area contributed by atoms with Gasteiger partial charge in [-0.1, -0.05) is 17.7 Å². The largest absolute Gasteiger partial charge is 0.471 e. The minimum atomic E-state index is -4.94. The molecule has 2 aromatic rings. The number of carbonyl (C=O) groups is 1. The number of fused-ring (bicyclic) bond motifs is 1. The number of nitrogens with one attached hydrogen (secondary N) is 1. The highest BCUT2D eigenvalue weighted by Crippen LogP contribution is 2.26. The predicted octanol–water partition coefficient (Wildman–Crippen LogP) is 3.39. The molecular weight excluding hydrogens is 269 g/mol. The van der Waals surface area contributed by atoms with Gasteiger partial charge in [0.25, 0.3) is 0 Å². The van der Waals surface area contributed by atoms with Crippen molar-refractivity contribution < 1.29 is 18.0 Å². The number of halogens is 4. The van der Waals surface area contributed by atoms with Crippen molar-refractivity contribution in [1.82, 2.24) is 4.98 Å². The van der Waals surface area contributed by atoms with Gasteiger partial charge in [0.15, 0.2) is 0 Å².